The van der Waals surface area contributed by atoms with E-state index in [-0.39, 0.29) is 5.91 Å². The fourth-order valence-corrected chi connectivity index (χ4v) is 3.42. The normalized spacial score (nSPS) is 19.0. The Bertz CT molecular complexity index is 502. The van der Waals surface area contributed by atoms with Gasteiger partial charge < -0.3 is 10.6 Å². The van der Waals surface area contributed by atoms with Gasteiger partial charge in [-0.15, -0.1) is 0 Å². The molecule has 1 aliphatic rings. The first-order valence-electron chi connectivity index (χ1n) is 7.95. The van der Waals surface area contributed by atoms with Crippen molar-refractivity contribution in [1.82, 2.24) is 10.2 Å². The van der Waals surface area contributed by atoms with E-state index in [2.05, 4.69) is 15.5 Å². The van der Waals surface area contributed by atoms with Crippen molar-refractivity contribution < 1.29 is 4.79 Å². The summed E-state index contributed by atoms with van der Waals surface area (Å²) in [5.74, 6) is -0.00596. The Morgan fingerprint density at radius 3 is 2.86 bits per heavy atom. The van der Waals surface area contributed by atoms with Crippen LogP contribution in [-0.2, 0) is 4.79 Å². The predicted octanol–water partition coefficient (Wildman–Crippen LogP) is 2.97. The predicted molar refractivity (Wildman–Crippen MR) is 92.7 cm³/mol. The van der Waals surface area contributed by atoms with Gasteiger partial charge in [0, 0.05) is 6.04 Å². The summed E-state index contributed by atoms with van der Waals surface area (Å²) >= 11 is 6.25. The molecule has 2 N–H and O–H groups in total. The summed E-state index contributed by atoms with van der Waals surface area (Å²) in [5.41, 5.74) is 2.83. The topological polar surface area (TPSA) is 44.4 Å². The molecule has 0 radical (unpaired) electrons. The van der Waals surface area contributed by atoms with Gasteiger partial charge in [0.15, 0.2) is 0 Å². The van der Waals surface area contributed by atoms with E-state index < -0.39 is 0 Å². The molecule has 1 heterocycles. The number of nitrogens with zero attached hydrogens (tertiary/aromatic N) is 1. The lowest BCUT2D eigenvalue weighted by atomic mass is 10.1. The highest BCUT2D eigenvalue weighted by atomic mass is 35.5. The molecule has 0 aromatic heterocycles. The molecule has 5 heteroatoms. The maximum Gasteiger partial charge on any atom is 0.238 e. The largest absolute Gasteiger partial charge is 0.323 e. The lowest BCUT2D eigenvalue weighted by Gasteiger charge is -2.26. The molecule has 0 bridgehead atoms. The first-order valence-corrected chi connectivity index (χ1v) is 8.32. The molecule has 1 aromatic carbocycles. The lowest BCUT2D eigenvalue weighted by Crippen LogP contribution is -2.38. The zero-order valence-electron chi connectivity index (χ0n) is 13.7. The van der Waals surface area contributed by atoms with Gasteiger partial charge in [0.25, 0.3) is 0 Å². The molecule has 1 aliphatic heterocycles. The van der Waals surface area contributed by atoms with Crippen molar-refractivity contribution in [3.63, 3.8) is 0 Å². The SMILES string of the molecule is Cc1cc(C)c(NC(=O)CN(C)C2CCCNCC2)c(Cl)c1. The number of likely N-dealkylation sites (N-methyl/N-ethyl adjacent to an activating group) is 1. The minimum atomic E-state index is -0.00596. The van der Waals surface area contributed by atoms with Gasteiger partial charge in [-0.25, -0.2) is 0 Å². The highest BCUT2D eigenvalue weighted by Crippen LogP contribution is 2.27. The number of benzene rings is 1. The number of aryl methyl sites for hydroxylation is 2. The molecule has 0 aliphatic carbocycles. The van der Waals surface area contributed by atoms with Crippen LogP contribution in [0.15, 0.2) is 12.1 Å². The number of hydrogen-bond donors (Lipinski definition) is 2. The second-order valence-corrected chi connectivity index (χ2v) is 6.64. The highest BCUT2D eigenvalue weighted by molar-refractivity contribution is 6.34. The van der Waals surface area contributed by atoms with Crippen LogP contribution >= 0.6 is 11.6 Å². The van der Waals surface area contributed by atoms with Crippen LogP contribution in [-0.4, -0.2) is 43.5 Å². The molecule has 1 atom stereocenters. The van der Waals surface area contributed by atoms with E-state index in [0.717, 1.165) is 42.7 Å². The maximum atomic E-state index is 12.3. The Kier molecular flexibility index (Phi) is 6.24. The van der Waals surface area contributed by atoms with Crippen LogP contribution in [0.25, 0.3) is 0 Å². The number of carbonyl (C=O) groups is 1. The maximum absolute atomic E-state index is 12.3. The Morgan fingerprint density at radius 1 is 1.36 bits per heavy atom. The van der Waals surface area contributed by atoms with Crippen LogP contribution in [0.3, 0.4) is 0 Å². The molecule has 1 amide bonds. The summed E-state index contributed by atoms with van der Waals surface area (Å²) in [4.78, 5) is 14.5. The fraction of sp³-hybridized carbons (Fsp3) is 0.588. The van der Waals surface area contributed by atoms with Crippen LogP contribution in [0.5, 0.6) is 0 Å². The van der Waals surface area contributed by atoms with E-state index in [1.807, 2.05) is 33.0 Å². The van der Waals surface area contributed by atoms with Crippen molar-refractivity contribution in [2.45, 2.75) is 39.2 Å². The van der Waals surface area contributed by atoms with E-state index in [4.69, 9.17) is 11.6 Å². The standard InChI is InChI=1S/C17H26ClN3O/c1-12-9-13(2)17(15(18)10-12)20-16(22)11-21(3)14-5-4-7-19-8-6-14/h9-10,14,19H,4-8,11H2,1-3H3,(H,20,22). The summed E-state index contributed by atoms with van der Waals surface area (Å²) in [7, 11) is 2.03. The average molecular weight is 324 g/mol. The van der Waals surface area contributed by atoms with Gasteiger partial charge in [-0.3, -0.25) is 9.69 Å². The van der Waals surface area contributed by atoms with E-state index in [1.165, 1.54) is 6.42 Å². The molecular formula is C17H26ClN3O. The number of nitrogens with one attached hydrogen (secondary N) is 2. The van der Waals surface area contributed by atoms with Crippen LogP contribution in [0.1, 0.15) is 30.4 Å². The minimum Gasteiger partial charge on any atom is -0.323 e. The highest BCUT2D eigenvalue weighted by Gasteiger charge is 2.19. The van der Waals surface area contributed by atoms with Crippen LogP contribution in [0.2, 0.25) is 5.02 Å². The summed E-state index contributed by atoms with van der Waals surface area (Å²) < 4.78 is 0. The van der Waals surface area contributed by atoms with Crippen LogP contribution in [0.4, 0.5) is 5.69 Å². The van der Waals surface area contributed by atoms with Crippen molar-refractivity contribution in [2.24, 2.45) is 0 Å². The van der Waals surface area contributed by atoms with Gasteiger partial charge in [-0.05, 0) is 70.4 Å². The van der Waals surface area contributed by atoms with Gasteiger partial charge in [-0.1, -0.05) is 17.7 Å². The molecular weight excluding hydrogens is 298 g/mol. The van der Waals surface area contributed by atoms with E-state index in [1.54, 1.807) is 0 Å². The number of hydrogen-bond acceptors (Lipinski definition) is 3. The zero-order chi connectivity index (χ0) is 16.1. The third-order valence-corrected chi connectivity index (χ3v) is 4.56. The molecule has 1 aromatic rings. The van der Waals surface area contributed by atoms with Crippen molar-refractivity contribution in [2.75, 3.05) is 32.0 Å². The van der Waals surface area contributed by atoms with Crippen LogP contribution < -0.4 is 10.6 Å². The second-order valence-electron chi connectivity index (χ2n) is 6.24. The summed E-state index contributed by atoms with van der Waals surface area (Å²) in [6, 6.07) is 4.38. The Hall–Kier alpha value is -1.10. The smallest absolute Gasteiger partial charge is 0.238 e. The molecule has 1 unspecified atom stereocenters. The zero-order valence-corrected chi connectivity index (χ0v) is 14.5. The average Bonchev–Trinajstić information content (AvgIpc) is 2.71. The third-order valence-electron chi connectivity index (χ3n) is 4.26. The van der Waals surface area contributed by atoms with Gasteiger partial charge in [-0.2, -0.15) is 0 Å². The van der Waals surface area contributed by atoms with E-state index in [0.29, 0.717) is 17.6 Å². The monoisotopic (exact) mass is 323 g/mol. The first-order chi connectivity index (χ1) is 10.5. The molecule has 1 fully saturated rings. The van der Waals surface area contributed by atoms with Crippen LogP contribution in [0, 0.1) is 13.8 Å². The molecule has 0 saturated carbocycles. The van der Waals surface area contributed by atoms with E-state index in [9.17, 15) is 4.79 Å². The molecule has 2 rings (SSSR count). The first kappa shape index (κ1) is 17.3. The summed E-state index contributed by atoms with van der Waals surface area (Å²) in [6.45, 7) is 6.47. The van der Waals surface area contributed by atoms with Gasteiger partial charge in [0.05, 0.1) is 17.3 Å². The molecule has 122 valence electrons. The van der Waals surface area contributed by atoms with Gasteiger partial charge in [0.1, 0.15) is 0 Å². The van der Waals surface area contributed by atoms with Gasteiger partial charge in [0.2, 0.25) is 5.91 Å². The minimum absolute atomic E-state index is 0.00596. The van der Waals surface area contributed by atoms with Crippen molar-refractivity contribution in [1.29, 1.82) is 0 Å². The fourth-order valence-electron chi connectivity index (χ4n) is 3.05. The second kappa shape index (κ2) is 7.95. The molecule has 22 heavy (non-hydrogen) atoms. The van der Waals surface area contributed by atoms with Crippen molar-refractivity contribution in [3.05, 3.63) is 28.3 Å². The lowest BCUT2D eigenvalue weighted by molar-refractivity contribution is -0.117. The van der Waals surface area contributed by atoms with E-state index >= 15 is 0 Å². The number of carbonyl (C=O) groups excluding carboxylic acids is 1. The Balaban J connectivity index is 1.95. The summed E-state index contributed by atoms with van der Waals surface area (Å²) in [6.07, 6.45) is 3.40. The number of anilines is 1. The molecule has 1 saturated heterocycles. The Morgan fingerprint density at radius 2 is 2.14 bits per heavy atom. The molecule has 4 nitrogen and oxygen atoms in total. The number of rotatable bonds is 4. The summed E-state index contributed by atoms with van der Waals surface area (Å²) in [5, 5.41) is 6.97. The van der Waals surface area contributed by atoms with Crippen molar-refractivity contribution >= 4 is 23.2 Å². The quantitative estimate of drug-likeness (QED) is 0.895. The number of amides is 1. The van der Waals surface area contributed by atoms with Gasteiger partial charge >= 0.3 is 0 Å². The number of halogens is 1. The van der Waals surface area contributed by atoms with Crippen molar-refractivity contribution in [3.8, 4) is 0 Å². The molecule has 0 spiro atoms. The Labute approximate surface area is 138 Å². The third kappa shape index (κ3) is 4.70.